The van der Waals surface area contributed by atoms with Gasteiger partial charge in [-0.25, -0.2) is 0 Å². The molecule has 0 aliphatic carbocycles. The Bertz CT molecular complexity index is 23.1. The minimum absolute atomic E-state index is 0.505. The molecule has 6 heavy (non-hydrogen) atoms. The first-order valence-corrected chi connectivity index (χ1v) is 2.80. The molecule has 37 valence electrons. The molecule has 0 spiro atoms. The van der Waals surface area contributed by atoms with Crippen molar-refractivity contribution in [3.63, 3.8) is 0 Å². The van der Waals surface area contributed by atoms with E-state index in [4.69, 9.17) is 0 Å². The molecule has 0 saturated heterocycles. The molecule has 0 bridgehead atoms. The second-order valence-corrected chi connectivity index (χ2v) is 1.97. The Hall–Kier alpha value is 0.350. The zero-order valence-corrected chi connectivity index (χ0v) is 5.20. The average Bonchev–Trinajstić information content (AvgIpc) is 1.65. The second kappa shape index (κ2) is 3.54. The van der Waals surface area contributed by atoms with Crippen LogP contribution >= 0.6 is 12.6 Å². The van der Waals surface area contributed by atoms with E-state index in [0.29, 0.717) is 5.25 Å². The maximum absolute atomic E-state index is 4.17. The van der Waals surface area contributed by atoms with Gasteiger partial charge in [-0.15, -0.1) is 0 Å². The number of hydrogen-bond donors (Lipinski definition) is 1. The SMILES string of the molecule is C[CH]C(S)CC. The molecule has 0 N–H and O–H groups in total. The lowest BCUT2D eigenvalue weighted by Gasteiger charge is -1.97. The van der Waals surface area contributed by atoms with E-state index in [1.807, 2.05) is 6.92 Å². The third kappa shape index (κ3) is 2.58. The van der Waals surface area contributed by atoms with Crippen LogP contribution in [-0.2, 0) is 0 Å². The van der Waals surface area contributed by atoms with Gasteiger partial charge < -0.3 is 0 Å². The van der Waals surface area contributed by atoms with Crippen LogP contribution in [0.4, 0.5) is 0 Å². The predicted octanol–water partition coefficient (Wildman–Crippen LogP) is 1.92. The Morgan fingerprint density at radius 1 is 1.83 bits per heavy atom. The van der Waals surface area contributed by atoms with E-state index in [1.54, 1.807) is 0 Å². The smallest absolute Gasteiger partial charge is 0.00427 e. The van der Waals surface area contributed by atoms with Gasteiger partial charge in [0.25, 0.3) is 0 Å². The minimum Gasteiger partial charge on any atom is -0.176 e. The van der Waals surface area contributed by atoms with E-state index in [9.17, 15) is 0 Å². The predicted molar refractivity (Wildman–Crippen MR) is 33.0 cm³/mol. The first-order valence-electron chi connectivity index (χ1n) is 2.28. The van der Waals surface area contributed by atoms with Gasteiger partial charge in [0.05, 0.1) is 0 Å². The summed E-state index contributed by atoms with van der Waals surface area (Å²) in [4.78, 5) is 0. The molecule has 0 heterocycles. The number of rotatable bonds is 2. The van der Waals surface area contributed by atoms with Crippen LogP contribution in [0.25, 0.3) is 0 Å². The van der Waals surface area contributed by atoms with Gasteiger partial charge in [0.2, 0.25) is 0 Å². The van der Waals surface area contributed by atoms with E-state index >= 15 is 0 Å². The summed E-state index contributed by atoms with van der Waals surface area (Å²) in [7, 11) is 0. The summed E-state index contributed by atoms with van der Waals surface area (Å²) in [6, 6.07) is 0. The molecule has 1 atom stereocenters. The molecule has 0 fully saturated rings. The van der Waals surface area contributed by atoms with E-state index in [0.717, 1.165) is 6.42 Å². The standard InChI is InChI=1S/C5H11S/c1-3-5(6)4-2/h3,5-6H,4H2,1-2H3. The van der Waals surface area contributed by atoms with E-state index < -0.39 is 0 Å². The van der Waals surface area contributed by atoms with E-state index in [2.05, 4.69) is 26.0 Å². The van der Waals surface area contributed by atoms with Gasteiger partial charge in [0.15, 0.2) is 0 Å². The van der Waals surface area contributed by atoms with Gasteiger partial charge >= 0.3 is 0 Å². The number of hydrogen-bond acceptors (Lipinski definition) is 1. The van der Waals surface area contributed by atoms with Gasteiger partial charge in [-0.05, 0) is 12.8 Å². The summed E-state index contributed by atoms with van der Waals surface area (Å²) < 4.78 is 0. The van der Waals surface area contributed by atoms with Crippen LogP contribution in [0.3, 0.4) is 0 Å². The third-order valence-electron chi connectivity index (χ3n) is 0.803. The zero-order chi connectivity index (χ0) is 4.99. The lowest BCUT2D eigenvalue weighted by atomic mass is 10.3. The topological polar surface area (TPSA) is 0 Å². The molecular weight excluding hydrogens is 92.1 g/mol. The van der Waals surface area contributed by atoms with Crippen molar-refractivity contribution in [1.82, 2.24) is 0 Å². The first-order chi connectivity index (χ1) is 2.81. The third-order valence-corrected chi connectivity index (χ3v) is 1.47. The quantitative estimate of drug-likeness (QED) is 0.507. The molecule has 0 amide bonds. The average molecular weight is 103 g/mol. The molecule has 0 aliphatic heterocycles. The number of thiol groups is 1. The fourth-order valence-corrected chi connectivity index (χ4v) is 0.236. The lowest BCUT2D eigenvalue weighted by molar-refractivity contribution is 0.927. The minimum atomic E-state index is 0.505. The van der Waals surface area contributed by atoms with Crippen molar-refractivity contribution >= 4 is 12.6 Å². The Kier molecular flexibility index (Phi) is 3.74. The summed E-state index contributed by atoms with van der Waals surface area (Å²) in [6.07, 6.45) is 3.22. The molecule has 0 aromatic carbocycles. The summed E-state index contributed by atoms with van der Waals surface area (Å²) in [5, 5.41) is 0.505. The molecule has 1 heteroatoms. The second-order valence-electron chi connectivity index (χ2n) is 1.31. The molecule has 0 nitrogen and oxygen atoms in total. The molecule has 0 aromatic rings. The Morgan fingerprint density at radius 3 is 2.33 bits per heavy atom. The Labute approximate surface area is 45.4 Å². The molecule has 0 saturated carbocycles. The van der Waals surface area contributed by atoms with Crippen molar-refractivity contribution in [2.45, 2.75) is 25.5 Å². The molecule has 0 aliphatic rings. The van der Waals surface area contributed by atoms with Crippen molar-refractivity contribution in [3.05, 3.63) is 6.42 Å². The van der Waals surface area contributed by atoms with E-state index in [-0.39, 0.29) is 0 Å². The normalized spacial score (nSPS) is 10.0. The lowest BCUT2D eigenvalue weighted by Crippen LogP contribution is -1.90. The van der Waals surface area contributed by atoms with Crippen LogP contribution in [0.5, 0.6) is 0 Å². The van der Waals surface area contributed by atoms with Crippen molar-refractivity contribution in [2.24, 2.45) is 0 Å². The maximum Gasteiger partial charge on any atom is 0.00427 e. The van der Waals surface area contributed by atoms with Gasteiger partial charge in [-0.2, -0.15) is 12.6 Å². The summed E-state index contributed by atoms with van der Waals surface area (Å²) in [5.41, 5.74) is 0. The summed E-state index contributed by atoms with van der Waals surface area (Å²) in [6.45, 7) is 4.15. The highest BCUT2D eigenvalue weighted by Crippen LogP contribution is 2.01. The van der Waals surface area contributed by atoms with Crippen molar-refractivity contribution in [2.75, 3.05) is 0 Å². The van der Waals surface area contributed by atoms with Crippen molar-refractivity contribution in [1.29, 1.82) is 0 Å². The van der Waals surface area contributed by atoms with Crippen molar-refractivity contribution in [3.8, 4) is 0 Å². The summed E-state index contributed by atoms with van der Waals surface area (Å²) in [5.74, 6) is 0. The van der Waals surface area contributed by atoms with Gasteiger partial charge in [-0.3, -0.25) is 0 Å². The first kappa shape index (κ1) is 6.35. The van der Waals surface area contributed by atoms with Crippen molar-refractivity contribution < 1.29 is 0 Å². The Balaban J connectivity index is 2.75. The van der Waals surface area contributed by atoms with Crippen LogP contribution < -0.4 is 0 Å². The van der Waals surface area contributed by atoms with Crippen LogP contribution in [0, 0.1) is 6.42 Å². The largest absolute Gasteiger partial charge is 0.176 e. The fourth-order valence-electron chi connectivity index (χ4n) is 0.236. The van der Waals surface area contributed by atoms with E-state index in [1.165, 1.54) is 0 Å². The van der Waals surface area contributed by atoms with Gasteiger partial charge in [0.1, 0.15) is 0 Å². The molecule has 1 radical (unpaired) electrons. The highest BCUT2D eigenvalue weighted by atomic mass is 32.1. The molecule has 0 rings (SSSR count). The monoisotopic (exact) mass is 103 g/mol. The summed E-state index contributed by atoms with van der Waals surface area (Å²) >= 11 is 4.17. The van der Waals surface area contributed by atoms with Crippen LogP contribution in [0.2, 0.25) is 0 Å². The Morgan fingerprint density at radius 2 is 2.33 bits per heavy atom. The fraction of sp³-hybridized carbons (Fsp3) is 0.800. The highest BCUT2D eigenvalue weighted by Gasteiger charge is 1.90. The van der Waals surface area contributed by atoms with Gasteiger partial charge in [0, 0.05) is 5.25 Å². The highest BCUT2D eigenvalue weighted by molar-refractivity contribution is 7.81. The molecule has 0 aromatic heterocycles. The maximum atomic E-state index is 4.17. The molecule has 1 unspecified atom stereocenters. The van der Waals surface area contributed by atoms with Gasteiger partial charge in [-0.1, -0.05) is 13.8 Å². The zero-order valence-electron chi connectivity index (χ0n) is 4.31. The van der Waals surface area contributed by atoms with Crippen LogP contribution in [-0.4, -0.2) is 5.25 Å². The van der Waals surface area contributed by atoms with Crippen LogP contribution in [0.1, 0.15) is 20.3 Å². The van der Waals surface area contributed by atoms with Crippen LogP contribution in [0.15, 0.2) is 0 Å². The molecular formula is C5H11S.